The van der Waals surface area contributed by atoms with Crippen LogP contribution in [-0.2, 0) is 27.7 Å². The van der Waals surface area contributed by atoms with Crippen molar-refractivity contribution in [3.63, 3.8) is 0 Å². The van der Waals surface area contributed by atoms with Crippen LogP contribution in [0.4, 0.5) is 28.8 Å². The summed E-state index contributed by atoms with van der Waals surface area (Å²) in [5.41, 5.74) is 4.60. The molecule has 1 saturated heterocycles. The molecule has 6 bridgehead atoms. The van der Waals surface area contributed by atoms with E-state index in [1.807, 2.05) is 30.3 Å². The van der Waals surface area contributed by atoms with Gasteiger partial charge in [0.2, 0.25) is 21.9 Å². The molecule has 0 radical (unpaired) electrons. The minimum Gasteiger partial charge on any atom is -0.339 e. The van der Waals surface area contributed by atoms with Crippen molar-refractivity contribution in [2.45, 2.75) is 39.0 Å². The number of piperidine rings is 1. The number of anilines is 5. The molecule has 3 aromatic rings. The van der Waals surface area contributed by atoms with Crippen molar-refractivity contribution in [1.29, 1.82) is 0 Å². The number of benzene rings is 2. The van der Waals surface area contributed by atoms with Gasteiger partial charge in [0.05, 0.1) is 11.9 Å². The van der Waals surface area contributed by atoms with E-state index in [1.54, 1.807) is 17.4 Å². The number of fused-ring (bicyclic) bond motifs is 6. The fraction of sp³-hybridized carbons (Fsp3) is 0.370. The van der Waals surface area contributed by atoms with Crippen molar-refractivity contribution < 1.29 is 13.2 Å². The highest BCUT2D eigenvalue weighted by Gasteiger charge is 2.28. The molecule has 0 unspecified atom stereocenters. The molecule has 1 fully saturated rings. The second kappa shape index (κ2) is 11.3. The Bertz CT molecular complexity index is 1440. The van der Waals surface area contributed by atoms with Crippen molar-refractivity contribution in [1.82, 2.24) is 14.3 Å². The van der Waals surface area contributed by atoms with Gasteiger partial charge >= 0.3 is 0 Å². The van der Waals surface area contributed by atoms with Crippen molar-refractivity contribution in [3.8, 4) is 0 Å². The zero-order valence-electron chi connectivity index (χ0n) is 21.2. The number of aromatic nitrogens is 2. The van der Waals surface area contributed by atoms with Gasteiger partial charge in [-0.05, 0) is 80.0 Å². The number of aryl methyl sites for hydroxylation is 2. The first-order chi connectivity index (χ1) is 18.3. The second-order valence-electron chi connectivity index (χ2n) is 9.71. The summed E-state index contributed by atoms with van der Waals surface area (Å²) in [4.78, 5) is 21.8. The maximum atomic E-state index is 13.0. The lowest BCUT2D eigenvalue weighted by atomic mass is 9.94. The Hall–Kier alpha value is -3.21. The molecule has 1 amide bonds. The summed E-state index contributed by atoms with van der Waals surface area (Å²) in [6.45, 7) is 2.61. The lowest BCUT2D eigenvalue weighted by Gasteiger charge is -2.30. The molecule has 0 saturated carbocycles. The molecule has 2 aromatic carbocycles. The van der Waals surface area contributed by atoms with E-state index in [0.717, 1.165) is 41.0 Å². The first kappa shape index (κ1) is 26.4. The van der Waals surface area contributed by atoms with Gasteiger partial charge in [0.25, 0.3) is 0 Å². The fourth-order valence-electron chi connectivity index (χ4n) is 4.90. The summed E-state index contributed by atoms with van der Waals surface area (Å²) < 4.78 is 25.8. The first-order valence-electron chi connectivity index (χ1n) is 12.8. The molecule has 2 aliphatic heterocycles. The molecule has 200 valence electrons. The molecular formula is C27H31ClN6O3S. The quantitative estimate of drug-likeness (QED) is 0.401. The Morgan fingerprint density at radius 1 is 1.11 bits per heavy atom. The van der Waals surface area contributed by atoms with E-state index in [1.165, 1.54) is 0 Å². The van der Waals surface area contributed by atoms with Crippen molar-refractivity contribution in [2.75, 3.05) is 34.8 Å². The molecule has 11 heteroatoms. The van der Waals surface area contributed by atoms with Crippen molar-refractivity contribution in [2.24, 2.45) is 5.92 Å². The number of rotatable bonds is 5. The number of hydrogen-bond acceptors (Lipinski definition) is 7. The smallest absolute Gasteiger partial charge is 0.229 e. The van der Waals surface area contributed by atoms with Gasteiger partial charge in [0.1, 0.15) is 5.02 Å². The summed E-state index contributed by atoms with van der Waals surface area (Å²) >= 11 is 6.36. The summed E-state index contributed by atoms with van der Waals surface area (Å²) in [5, 5.41) is 10.0. The van der Waals surface area contributed by atoms with Gasteiger partial charge in [-0.3, -0.25) is 4.79 Å². The van der Waals surface area contributed by atoms with E-state index in [-0.39, 0.29) is 17.6 Å². The van der Waals surface area contributed by atoms with Crippen LogP contribution < -0.4 is 16.0 Å². The molecule has 5 rings (SSSR count). The van der Waals surface area contributed by atoms with Gasteiger partial charge in [0, 0.05) is 36.6 Å². The highest BCUT2D eigenvalue weighted by molar-refractivity contribution is 7.89. The van der Waals surface area contributed by atoms with Gasteiger partial charge < -0.3 is 16.0 Å². The average Bonchev–Trinajstić information content (AvgIpc) is 2.91. The number of amides is 1. The normalized spacial score (nSPS) is 16.3. The van der Waals surface area contributed by atoms with Gasteiger partial charge in [-0.1, -0.05) is 23.7 Å². The molecule has 3 heterocycles. The number of nitrogens with one attached hydrogen (secondary N) is 3. The lowest BCUT2D eigenvalue weighted by Crippen LogP contribution is -2.39. The van der Waals surface area contributed by atoms with Crippen LogP contribution in [0.1, 0.15) is 37.3 Å². The minimum absolute atomic E-state index is 0.0589. The van der Waals surface area contributed by atoms with Crippen LogP contribution in [0.2, 0.25) is 5.02 Å². The summed E-state index contributed by atoms with van der Waals surface area (Å²) in [6, 6.07) is 13.9. The number of halogens is 1. The number of nitrogens with zero attached hydrogens (tertiary/aromatic N) is 3. The maximum absolute atomic E-state index is 13.0. The molecular weight excluding hydrogens is 524 g/mol. The standard InChI is InChI=1S/C27H31ClN6O3S/c1-2-38(36,37)34-12-10-19(11-13-34)15-25(35)32-24-9-8-22-16-20(24)7-6-18-4-3-5-21(14-18)31-27-29-17-23(28)26(30-22)33-27/h3-5,8-9,14,16-17,19H,2,6-7,10-13,15H2,1H3,(H,32,35)(H2,29,30,31,33). The van der Waals surface area contributed by atoms with Gasteiger partial charge in [-0.25, -0.2) is 17.7 Å². The predicted molar refractivity (Wildman–Crippen MR) is 151 cm³/mol. The van der Waals surface area contributed by atoms with Crippen LogP contribution in [0.5, 0.6) is 0 Å². The average molecular weight is 555 g/mol. The molecule has 38 heavy (non-hydrogen) atoms. The Morgan fingerprint density at radius 3 is 2.68 bits per heavy atom. The van der Waals surface area contributed by atoms with E-state index in [9.17, 15) is 13.2 Å². The Balaban J connectivity index is 1.33. The zero-order valence-corrected chi connectivity index (χ0v) is 22.8. The van der Waals surface area contributed by atoms with Crippen LogP contribution in [0.3, 0.4) is 0 Å². The number of hydrogen-bond donors (Lipinski definition) is 3. The minimum atomic E-state index is -3.18. The topological polar surface area (TPSA) is 116 Å². The van der Waals surface area contributed by atoms with Gasteiger partial charge in [0.15, 0.2) is 5.82 Å². The van der Waals surface area contributed by atoms with Crippen molar-refractivity contribution in [3.05, 3.63) is 64.8 Å². The third kappa shape index (κ3) is 6.25. The molecule has 9 nitrogen and oxygen atoms in total. The molecule has 1 aromatic heterocycles. The predicted octanol–water partition coefficient (Wildman–Crippen LogP) is 5.11. The summed E-state index contributed by atoms with van der Waals surface area (Å²) in [7, 11) is -3.18. The van der Waals surface area contributed by atoms with E-state index in [0.29, 0.717) is 49.1 Å². The highest BCUT2D eigenvalue weighted by atomic mass is 35.5. The van der Waals surface area contributed by atoms with Crippen LogP contribution in [0.25, 0.3) is 0 Å². The van der Waals surface area contributed by atoms with Gasteiger partial charge in [-0.15, -0.1) is 0 Å². The highest BCUT2D eigenvalue weighted by Crippen LogP contribution is 2.30. The first-order valence-corrected chi connectivity index (χ1v) is 14.8. The fourth-order valence-corrected chi connectivity index (χ4v) is 6.17. The number of carbonyl (C=O) groups excluding carboxylic acids is 1. The second-order valence-corrected chi connectivity index (χ2v) is 12.4. The monoisotopic (exact) mass is 554 g/mol. The molecule has 3 N–H and O–H groups in total. The zero-order chi connectivity index (χ0) is 26.7. The number of carbonyl (C=O) groups is 1. The van der Waals surface area contributed by atoms with Crippen LogP contribution in [0.15, 0.2) is 48.7 Å². The number of sulfonamides is 1. The lowest BCUT2D eigenvalue weighted by molar-refractivity contribution is -0.117. The Labute approximate surface area is 228 Å². The third-order valence-electron chi connectivity index (χ3n) is 7.06. The van der Waals surface area contributed by atoms with E-state index < -0.39 is 10.0 Å². The molecule has 0 aliphatic carbocycles. The van der Waals surface area contributed by atoms with E-state index in [2.05, 4.69) is 38.1 Å². The molecule has 0 spiro atoms. The van der Waals surface area contributed by atoms with Crippen LogP contribution in [-0.4, -0.2) is 47.4 Å². The van der Waals surface area contributed by atoms with Crippen molar-refractivity contribution >= 4 is 56.4 Å². The van der Waals surface area contributed by atoms with E-state index >= 15 is 0 Å². The van der Waals surface area contributed by atoms with Crippen LogP contribution >= 0.6 is 11.6 Å². The van der Waals surface area contributed by atoms with Gasteiger partial charge in [-0.2, -0.15) is 4.98 Å². The largest absolute Gasteiger partial charge is 0.339 e. The third-order valence-corrected chi connectivity index (χ3v) is 9.22. The summed E-state index contributed by atoms with van der Waals surface area (Å²) in [6.07, 6.45) is 4.81. The molecule has 0 atom stereocenters. The van der Waals surface area contributed by atoms with Crippen LogP contribution in [0, 0.1) is 5.92 Å². The SMILES string of the molecule is CCS(=O)(=O)N1CCC(CC(=O)Nc2ccc3cc2CCc2cccc(c2)Nc2ncc(Cl)c(n2)N3)CC1. The molecule has 2 aliphatic rings. The summed E-state index contributed by atoms with van der Waals surface area (Å²) in [5.74, 6) is 1.14. The maximum Gasteiger partial charge on any atom is 0.229 e. The van der Waals surface area contributed by atoms with E-state index in [4.69, 9.17) is 11.6 Å². The Kier molecular flexibility index (Phi) is 7.83. The Morgan fingerprint density at radius 2 is 1.89 bits per heavy atom.